The van der Waals surface area contributed by atoms with Gasteiger partial charge in [-0.25, -0.2) is 15.0 Å². The molecule has 3 heterocycles. The molecule has 0 fully saturated rings. The van der Waals surface area contributed by atoms with Gasteiger partial charge in [-0.05, 0) is 36.8 Å². The summed E-state index contributed by atoms with van der Waals surface area (Å²) in [5.74, 6) is 1.84. The number of aryl methyl sites for hydroxylation is 1. The van der Waals surface area contributed by atoms with Crippen LogP contribution in [0.3, 0.4) is 0 Å². The summed E-state index contributed by atoms with van der Waals surface area (Å²) in [5, 5.41) is 4.49. The van der Waals surface area contributed by atoms with E-state index in [0.29, 0.717) is 17.5 Å². The lowest BCUT2D eigenvalue weighted by molar-refractivity contribution is 0.669. The smallest absolute Gasteiger partial charge is 0.168 e. The fraction of sp³-hybridized carbons (Fsp3) is 0.0250. The first-order valence-electron chi connectivity index (χ1n) is 15.0. The zero-order valence-corrected chi connectivity index (χ0v) is 24.5. The first-order valence-corrected chi connectivity index (χ1v) is 15.0. The SMILES string of the molecule is Cc1ccc2c(oc3cc4c(cc32)c2ccccc2n4-c2ccccc2)c1-c1nc(-c2ccccc2)nc(-c2ccccc2)n1. The number of benzene rings is 6. The molecule has 0 aliphatic carbocycles. The van der Waals surface area contributed by atoms with Crippen LogP contribution in [0.1, 0.15) is 5.56 Å². The third-order valence-corrected chi connectivity index (χ3v) is 8.58. The van der Waals surface area contributed by atoms with E-state index in [-0.39, 0.29) is 0 Å². The van der Waals surface area contributed by atoms with E-state index in [0.717, 1.165) is 55.4 Å². The van der Waals surface area contributed by atoms with Crippen molar-refractivity contribution < 1.29 is 4.42 Å². The van der Waals surface area contributed by atoms with Gasteiger partial charge in [0.15, 0.2) is 17.5 Å². The second kappa shape index (κ2) is 10.00. The third-order valence-electron chi connectivity index (χ3n) is 8.58. The van der Waals surface area contributed by atoms with Gasteiger partial charge in [0.2, 0.25) is 0 Å². The lowest BCUT2D eigenvalue weighted by Gasteiger charge is -2.10. The maximum atomic E-state index is 6.79. The van der Waals surface area contributed by atoms with Crippen LogP contribution in [0.15, 0.2) is 144 Å². The number of hydrogen-bond acceptors (Lipinski definition) is 4. The molecule has 45 heavy (non-hydrogen) atoms. The number of furan rings is 1. The zero-order valence-electron chi connectivity index (χ0n) is 24.5. The van der Waals surface area contributed by atoms with E-state index in [1.807, 2.05) is 66.7 Å². The van der Waals surface area contributed by atoms with Crippen molar-refractivity contribution in [2.24, 2.45) is 0 Å². The van der Waals surface area contributed by atoms with Gasteiger partial charge >= 0.3 is 0 Å². The molecule has 0 aliphatic rings. The predicted octanol–water partition coefficient (Wildman–Crippen LogP) is 10.2. The Balaban J connectivity index is 1.33. The normalized spacial score (nSPS) is 11.7. The third kappa shape index (κ3) is 4.05. The van der Waals surface area contributed by atoms with Crippen molar-refractivity contribution in [3.63, 3.8) is 0 Å². The van der Waals surface area contributed by atoms with Crippen LogP contribution in [-0.4, -0.2) is 19.5 Å². The van der Waals surface area contributed by atoms with Crippen molar-refractivity contribution in [3.8, 4) is 39.9 Å². The Kier molecular flexibility index (Phi) is 5.65. The number of rotatable bonds is 4. The van der Waals surface area contributed by atoms with Crippen LogP contribution in [0.5, 0.6) is 0 Å². The Bertz CT molecular complexity index is 2470. The first-order chi connectivity index (χ1) is 22.2. The Labute approximate surface area is 259 Å². The molecule has 5 heteroatoms. The molecule has 0 saturated heterocycles. The lowest BCUT2D eigenvalue weighted by atomic mass is 10.0. The molecule has 0 atom stereocenters. The molecule has 0 unspecified atom stereocenters. The number of hydrogen-bond donors (Lipinski definition) is 0. The quantitative estimate of drug-likeness (QED) is 0.208. The van der Waals surface area contributed by atoms with E-state index in [9.17, 15) is 0 Å². The molecule has 0 aliphatic heterocycles. The second-order valence-corrected chi connectivity index (χ2v) is 11.3. The molecule has 212 valence electrons. The molecule has 0 radical (unpaired) electrons. The maximum Gasteiger partial charge on any atom is 0.168 e. The second-order valence-electron chi connectivity index (χ2n) is 11.3. The minimum absolute atomic E-state index is 0.591. The van der Waals surface area contributed by atoms with Crippen LogP contribution < -0.4 is 0 Å². The van der Waals surface area contributed by atoms with Gasteiger partial charge in [-0.3, -0.25) is 0 Å². The van der Waals surface area contributed by atoms with E-state index in [4.69, 9.17) is 19.4 Å². The van der Waals surface area contributed by atoms with Crippen molar-refractivity contribution in [2.75, 3.05) is 0 Å². The largest absolute Gasteiger partial charge is 0.455 e. The summed E-state index contributed by atoms with van der Waals surface area (Å²) in [6, 6.07) is 47.9. The number of fused-ring (bicyclic) bond motifs is 6. The van der Waals surface area contributed by atoms with Gasteiger partial charge in [-0.2, -0.15) is 0 Å². The Morgan fingerprint density at radius 1 is 0.489 bits per heavy atom. The van der Waals surface area contributed by atoms with Gasteiger partial charge in [0.1, 0.15) is 11.2 Å². The van der Waals surface area contributed by atoms with Crippen molar-refractivity contribution in [2.45, 2.75) is 6.92 Å². The van der Waals surface area contributed by atoms with Gasteiger partial charge in [0, 0.05) is 44.4 Å². The molecule has 0 saturated carbocycles. The van der Waals surface area contributed by atoms with Crippen molar-refractivity contribution in [1.29, 1.82) is 0 Å². The van der Waals surface area contributed by atoms with Crippen LogP contribution in [0, 0.1) is 6.92 Å². The first kappa shape index (κ1) is 25.4. The highest BCUT2D eigenvalue weighted by molar-refractivity contribution is 6.18. The molecule has 0 amide bonds. The monoisotopic (exact) mass is 578 g/mol. The average Bonchev–Trinajstić information content (AvgIpc) is 3.62. The van der Waals surface area contributed by atoms with Gasteiger partial charge in [0.05, 0.1) is 16.6 Å². The average molecular weight is 579 g/mol. The van der Waals surface area contributed by atoms with Gasteiger partial charge in [-0.1, -0.05) is 109 Å². The van der Waals surface area contributed by atoms with E-state index >= 15 is 0 Å². The molecular weight excluding hydrogens is 552 g/mol. The van der Waals surface area contributed by atoms with Crippen LogP contribution >= 0.6 is 0 Å². The van der Waals surface area contributed by atoms with Crippen molar-refractivity contribution in [3.05, 3.63) is 145 Å². The topological polar surface area (TPSA) is 56.7 Å². The highest BCUT2D eigenvalue weighted by atomic mass is 16.3. The standard InChI is InChI=1S/C40H26N4O/c1-25-21-22-30-32-23-31-29-19-11-12-20-33(29)44(28-17-9-4-10-18-28)34(31)24-35(32)45-37(30)36(25)40-42-38(26-13-5-2-6-14-26)41-39(43-40)27-15-7-3-8-16-27/h2-24H,1H3. The van der Waals surface area contributed by atoms with Crippen LogP contribution in [0.25, 0.3) is 83.6 Å². The number of aromatic nitrogens is 4. The summed E-state index contributed by atoms with van der Waals surface area (Å²) in [6.45, 7) is 2.09. The zero-order chi connectivity index (χ0) is 29.9. The fourth-order valence-corrected chi connectivity index (χ4v) is 6.45. The highest BCUT2D eigenvalue weighted by Gasteiger charge is 2.21. The Hall–Kier alpha value is -6.07. The van der Waals surface area contributed by atoms with Gasteiger partial charge < -0.3 is 8.98 Å². The maximum absolute atomic E-state index is 6.79. The summed E-state index contributed by atoms with van der Waals surface area (Å²) < 4.78 is 9.10. The Morgan fingerprint density at radius 2 is 1.09 bits per heavy atom. The molecule has 5 nitrogen and oxygen atoms in total. The van der Waals surface area contributed by atoms with Crippen LogP contribution in [0.2, 0.25) is 0 Å². The minimum Gasteiger partial charge on any atom is -0.455 e. The molecule has 0 spiro atoms. The molecule has 9 aromatic rings. The molecule has 9 rings (SSSR count). The molecule has 3 aromatic heterocycles. The summed E-state index contributed by atoms with van der Waals surface area (Å²) in [4.78, 5) is 15.0. The summed E-state index contributed by atoms with van der Waals surface area (Å²) in [5.41, 5.74) is 8.76. The summed E-state index contributed by atoms with van der Waals surface area (Å²) in [6.07, 6.45) is 0. The highest BCUT2D eigenvalue weighted by Crippen LogP contribution is 2.41. The van der Waals surface area contributed by atoms with E-state index < -0.39 is 0 Å². The molecule has 0 bridgehead atoms. The van der Waals surface area contributed by atoms with Crippen molar-refractivity contribution >= 4 is 43.7 Å². The summed E-state index contributed by atoms with van der Waals surface area (Å²) >= 11 is 0. The predicted molar refractivity (Wildman–Crippen MR) is 182 cm³/mol. The lowest BCUT2D eigenvalue weighted by Crippen LogP contribution is -2.01. The number of para-hydroxylation sites is 2. The number of nitrogens with zero attached hydrogens (tertiary/aromatic N) is 4. The van der Waals surface area contributed by atoms with E-state index in [2.05, 4.69) is 84.3 Å². The van der Waals surface area contributed by atoms with Gasteiger partial charge in [0.25, 0.3) is 0 Å². The minimum atomic E-state index is 0.591. The van der Waals surface area contributed by atoms with Crippen molar-refractivity contribution in [1.82, 2.24) is 19.5 Å². The van der Waals surface area contributed by atoms with Crippen LogP contribution in [0.4, 0.5) is 0 Å². The van der Waals surface area contributed by atoms with E-state index in [1.165, 1.54) is 16.3 Å². The summed E-state index contributed by atoms with van der Waals surface area (Å²) in [7, 11) is 0. The Morgan fingerprint density at radius 3 is 1.78 bits per heavy atom. The van der Waals surface area contributed by atoms with Gasteiger partial charge in [-0.15, -0.1) is 0 Å². The molecule has 6 aromatic carbocycles. The van der Waals surface area contributed by atoms with Crippen LogP contribution in [-0.2, 0) is 0 Å². The molecular formula is C40H26N4O. The molecule has 0 N–H and O–H groups in total. The van der Waals surface area contributed by atoms with E-state index in [1.54, 1.807) is 0 Å². The fourth-order valence-electron chi connectivity index (χ4n) is 6.45.